The predicted molar refractivity (Wildman–Crippen MR) is 110 cm³/mol. The number of ether oxygens (including phenoxy) is 1. The van der Waals surface area contributed by atoms with E-state index in [0.717, 1.165) is 17.7 Å². The van der Waals surface area contributed by atoms with E-state index >= 15 is 0 Å². The summed E-state index contributed by atoms with van der Waals surface area (Å²) < 4.78 is 4.94. The molecule has 166 valence electrons. The predicted octanol–water partition coefficient (Wildman–Crippen LogP) is 0.431. The van der Waals surface area contributed by atoms with Crippen LogP contribution in [0.3, 0.4) is 0 Å². The van der Waals surface area contributed by atoms with E-state index < -0.39 is 35.8 Å². The number of unbranched alkanes of at least 4 members (excludes halogenated alkanes) is 1. The lowest BCUT2D eigenvalue weighted by molar-refractivity contribution is -0.136. The van der Waals surface area contributed by atoms with Crippen LogP contribution in [0.25, 0.3) is 0 Å². The lowest BCUT2D eigenvalue weighted by Crippen LogP contribution is -2.54. The fraction of sp³-hybridized carbons (Fsp3) is 0.476. The summed E-state index contributed by atoms with van der Waals surface area (Å²) in [6, 6.07) is 3.95. The Morgan fingerprint density at radius 3 is 2.65 bits per heavy atom. The van der Waals surface area contributed by atoms with Gasteiger partial charge in [-0.05, 0) is 38.3 Å². The van der Waals surface area contributed by atoms with E-state index in [1.165, 1.54) is 7.11 Å². The number of carbonyl (C=O) groups is 5. The lowest BCUT2D eigenvalue weighted by Gasteiger charge is -2.27. The van der Waals surface area contributed by atoms with Crippen molar-refractivity contribution in [3.63, 3.8) is 0 Å². The Bertz CT molecular complexity index is 915. The molecule has 0 aromatic heterocycles. The summed E-state index contributed by atoms with van der Waals surface area (Å²) in [6.45, 7) is 2.71. The monoisotopic (exact) mass is 430 g/mol. The topological polar surface area (TPSA) is 134 Å². The van der Waals surface area contributed by atoms with Crippen LogP contribution in [-0.4, -0.2) is 66.8 Å². The number of hydrogen-bond acceptors (Lipinski definition) is 7. The summed E-state index contributed by atoms with van der Waals surface area (Å²) in [5.74, 6) is -2.29. The molecule has 0 bridgehead atoms. The fourth-order valence-corrected chi connectivity index (χ4v) is 3.60. The molecule has 2 aliphatic heterocycles. The van der Waals surface area contributed by atoms with Gasteiger partial charge in [0.05, 0.1) is 11.1 Å². The normalized spacial score (nSPS) is 19.2. The van der Waals surface area contributed by atoms with Gasteiger partial charge >= 0.3 is 0 Å². The number of methoxy groups -OCH3 is 1. The third-order valence-corrected chi connectivity index (χ3v) is 5.41. The van der Waals surface area contributed by atoms with Crippen LogP contribution in [0.2, 0.25) is 0 Å². The van der Waals surface area contributed by atoms with E-state index in [2.05, 4.69) is 16.0 Å². The van der Waals surface area contributed by atoms with Crippen molar-refractivity contribution in [2.24, 2.45) is 0 Å². The van der Waals surface area contributed by atoms with Gasteiger partial charge in [0.15, 0.2) is 0 Å². The van der Waals surface area contributed by atoms with Crippen molar-refractivity contribution >= 4 is 35.2 Å². The van der Waals surface area contributed by atoms with Gasteiger partial charge in [0.25, 0.3) is 11.8 Å². The molecule has 1 fully saturated rings. The zero-order valence-electron chi connectivity index (χ0n) is 17.5. The molecule has 0 radical (unpaired) electrons. The molecule has 0 spiro atoms. The molecule has 31 heavy (non-hydrogen) atoms. The molecule has 2 atom stereocenters. The first kappa shape index (κ1) is 22.4. The van der Waals surface area contributed by atoms with Gasteiger partial charge in [-0.3, -0.25) is 34.2 Å². The average Bonchev–Trinajstić information content (AvgIpc) is 3.01. The van der Waals surface area contributed by atoms with Crippen LogP contribution in [0, 0.1) is 0 Å². The van der Waals surface area contributed by atoms with Gasteiger partial charge in [-0.1, -0.05) is 6.07 Å². The van der Waals surface area contributed by atoms with Crippen molar-refractivity contribution in [3.8, 4) is 0 Å². The summed E-state index contributed by atoms with van der Waals surface area (Å²) in [6.07, 6.45) is 1.14. The molecular formula is C21H26N4O6. The number of carbonyl (C=O) groups excluding carboxylic acids is 5. The van der Waals surface area contributed by atoms with E-state index in [1.807, 2.05) is 0 Å². The number of nitrogens with one attached hydrogen (secondary N) is 3. The van der Waals surface area contributed by atoms with Gasteiger partial charge in [-0.2, -0.15) is 0 Å². The lowest BCUT2D eigenvalue weighted by atomic mass is 10.0. The second kappa shape index (κ2) is 9.69. The molecule has 1 aromatic carbocycles. The maximum absolute atomic E-state index is 13.0. The van der Waals surface area contributed by atoms with Crippen LogP contribution in [0.5, 0.6) is 0 Å². The van der Waals surface area contributed by atoms with Crippen molar-refractivity contribution in [2.75, 3.05) is 25.5 Å². The Balaban J connectivity index is 1.59. The molecule has 1 aromatic rings. The molecule has 1 saturated heterocycles. The van der Waals surface area contributed by atoms with Crippen molar-refractivity contribution in [3.05, 3.63) is 29.3 Å². The molecule has 10 heteroatoms. The zero-order chi connectivity index (χ0) is 22.5. The van der Waals surface area contributed by atoms with Gasteiger partial charge in [0.1, 0.15) is 12.1 Å². The van der Waals surface area contributed by atoms with Crippen molar-refractivity contribution in [1.82, 2.24) is 15.5 Å². The van der Waals surface area contributed by atoms with E-state index in [1.54, 1.807) is 25.1 Å². The Morgan fingerprint density at radius 1 is 1.19 bits per heavy atom. The first-order chi connectivity index (χ1) is 14.8. The van der Waals surface area contributed by atoms with Gasteiger partial charge in [-0.25, -0.2) is 0 Å². The second-order valence-corrected chi connectivity index (χ2v) is 7.48. The number of fused-ring (bicyclic) bond motifs is 1. The van der Waals surface area contributed by atoms with E-state index in [0.29, 0.717) is 18.8 Å². The number of benzene rings is 1. The number of imide groups is 2. The Labute approximate surface area is 179 Å². The standard InChI is InChI=1S/C21H26N4O6/c1-12(31-2)18(27)23-11-4-3-10-22-14-7-5-6-13-17(14)21(30)25(20(13)29)15-8-9-16(26)24-19(15)28/h5-7,12,15,22H,3-4,8-11H2,1-2H3,(H,23,27)(H,24,26,28). The minimum Gasteiger partial charge on any atom is -0.384 e. The number of amides is 5. The third-order valence-electron chi connectivity index (χ3n) is 5.41. The quantitative estimate of drug-likeness (QED) is 0.382. The first-order valence-corrected chi connectivity index (χ1v) is 10.2. The van der Waals surface area contributed by atoms with Gasteiger partial charge < -0.3 is 15.4 Å². The second-order valence-electron chi connectivity index (χ2n) is 7.48. The summed E-state index contributed by atoms with van der Waals surface area (Å²) in [7, 11) is 1.47. The molecular weight excluding hydrogens is 404 g/mol. The minimum absolute atomic E-state index is 0.0780. The van der Waals surface area contributed by atoms with Crippen molar-refractivity contribution < 1.29 is 28.7 Å². The van der Waals surface area contributed by atoms with Crippen molar-refractivity contribution in [1.29, 1.82) is 0 Å². The van der Waals surface area contributed by atoms with Crippen LogP contribution in [-0.2, 0) is 19.1 Å². The molecule has 3 rings (SSSR count). The highest BCUT2D eigenvalue weighted by molar-refractivity contribution is 6.25. The van der Waals surface area contributed by atoms with Crippen LogP contribution in [0.4, 0.5) is 5.69 Å². The summed E-state index contributed by atoms with van der Waals surface area (Å²) in [5, 5.41) is 8.13. The number of nitrogens with zero attached hydrogens (tertiary/aromatic N) is 1. The van der Waals surface area contributed by atoms with Crippen LogP contribution in [0.1, 0.15) is 53.3 Å². The van der Waals surface area contributed by atoms with E-state index in [9.17, 15) is 24.0 Å². The van der Waals surface area contributed by atoms with Gasteiger partial charge in [0, 0.05) is 32.3 Å². The number of anilines is 1. The Kier molecular flexibility index (Phi) is 7.01. The minimum atomic E-state index is -0.990. The molecule has 2 aliphatic rings. The van der Waals surface area contributed by atoms with Crippen LogP contribution >= 0.6 is 0 Å². The third kappa shape index (κ3) is 4.74. The maximum atomic E-state index is 13.0. The Morgan fingerprint density at radius 2 is 1.94 bits per heavy atom. The summed E-state index contributed by atoms with van der Waals surface area (Å²) in [5.41, 5.74) is 0.989. The molecule has 2 unspecified atom stereocenters. The summed E-state index contributed by atoms with van der Waals surface area (Å²) in [4.78, 5) is 62.0. The van der Waals surface area contributed by atoms with Gasteiger partial charge in [0.2, 0.25) is 17.7 Å². The maximum Gasteiger partial charge on any atom is 0.264 e. The van der Waals surface area contributed by atoms with Crippen molar-refractivity contribution in [2.45, 2.75) is 44.8 Å². The SMILES string of the molecule is COC(C)C(=O)NCCCCNc1cccc2c1C(=O)N(C1CCC(=O)NC1=O)C2=O. The highest BCUT2D eigenvalue weighted by Crippen LogP contribution is 2.32. The number of hydrogen-bond donors (Lipinski definition) is 3. The highest BCUT2D eigenvalue weighted by atomic mass is 16.5. The highest BCUT2D eigenvalue weighted by Gasteiger charge is 2.45. The fourth-order valence-electron chi connectivity index (χ4n) is 3.60. The van der Waals surface area contributed by atoms with Crippen LogP contribution < -0.4 is 16.0 Å². The molecule has 0 aliphatic carbocycles. The molecule has 3 N–H and O–H groups in total. The van der Waals surface area contributed by atoms with Crippen LogP contribution in [0.15, 0.2) is 18.2 Å². The molecule has 10 nitrogen and oxygen atoms in total. The van der Waals surface area contributed by atoms with E-state index in [-0.39, 0.29) is 29.9 Å². The molecule has 5 amide bonds. The first-order valence-electron chi connectivity index (χ1n) is 10.2. The Hall–Kier alpha value is -3.27. The summed E-state index contributed by atoms with van der Waals surface area (Å²) >= 11 is 0. The largest absolute Gasteiger partial charge is 0.384 e. The molecule has 2 heterocycles. The molecule has 0 saturated carbocycles. The van der Waals surface area contributed by atoms with Gasteiger partial charge in [-0.15, -0.1) is 0 Å². The smallest absolute Gasteiger partial charge is 0.264 e. The number of rotatable bonds is 9. The zero-order valence-corrected chi connectivity index (χ0v) is 17.5. The number of piperidine rings is 1. The van der Waals surface area contributed by atoms with E-state index in [4.69, 9.17) is 4.74 Å². The average molecular weight is 430 g/mol.